The fraction of sp³-hybridized carbons (Fsp3) is 0.364. The Morgan fingerprint density at radius 1 is 1.29 bits per heavy atom. The lowest BCUT2D eigenvalue weighted by molar-refractivity contribution is -0.137. The number of halogens is 4. The van der Waals surface area contributed by atoms with Gasteiger partial charge in [-0.05, 0) is 18.2 Å². The molecule has 2 nitrogen and oxygen atoms in total. The Morgan fingerprint density at radius 2 is 1.88 bits per heavy atom. The van der Waals surface area contributed by atoms with Crippen LogP contribution in [0.4, 0.5) is 23.2 Å². The van der Waals surface area contributed by atoms with Gasteiger partial charge in [-0.3, -0.25) is 0 Å². The molecule has 0 saturated carbocycles. The third-order valence-corrected chi connectivity index (χ3v) is 2.11. The van der Waals surface area contributed by atoms with Crippen LogP contribution in [0.5, 0.6) is 0 Å². The second-order valence-electron chi connectivity index (χ2n) is 3.86. The average Bonchev–Trinajstić information content (AvgIpc) is 2.19. The minimum absolute atomic E-state index is 0.0863. The highest BCUT2D eigenvalue weighted by molar-refractivity contribution is 5.84. The largest absolute Gasteiger partial charge is 0.416 e. The van der Waals surface area contributed by atoms with Crippen LogP contribution in [0.15, 0.2) is 23.2 Å². The van der Waals surface area contributed by atoms with E-state index in [0.29, 0.717) is 12.1 Å². The predicted octanol–water partition coefficient (Wildman–Crippen LogP) is 3.49. The number of hydrogen-bond donors (Lipinski definition) is 1. The average molecular weight is 248 g/mol. The van der Waals surface area contributed by atoms with E-state index in [1.165, 1.54) is 0 Å². The van der Waals surface area contributed by atoms with Gasteiger partial charge in [-0.25, -0.2) is 9.38 Å². The number of hydrogen-bond acceptors (Lipinski definition) is 1. The van der Waals surface area contributed by atoms with Gasteiger partial charge in [0.05, 0.1) is 5.56 Å². The molecule has 0 spiro atoms. The highest BCUT2D eigenvalue weighted by atomic mass is 19.4. The fourth-order valence-corrected chi connectivity index (χ4v) is 1.04. The van der Waals surface area contributed by atoms with E-state index >= 15 is 0 Å². The van der Waals surface area contributed by atoms with Crippen molar-refractivity contribution in [2.45, 2.75) is 20.0 Å². The van der Waals surface area contributed by atoms with Crippen LogP contribution in [0, 0.1) is 11.7 Å². The monoisotopic (exact) mass is 248 g/mol. The minimum atomic E-state index is -4.52. The molecule has 0 aliphatic rings. The summed E-state index contributed by atoms with van der Waals surface area (Å²) in [5, 5.41) is 0. The molecule has 0 fully saturated rings. The Kier molecular flexibility index (Phi) is 3.75. The van der Waals surface area contributed by atoms with Gasteiger partial charge in [0, 0.05) is 5.92 Å². The summed E-state index contributed by atoms with van der Waals surface area (Å²) in [6, 6.07) is 2.04. The van der Waals surface area contributed by atoms with Crippen LogP contribution in [-0.4, -0.2) is 5.84 Å². The number of benzene rings is 1. The van der Waals surface area contributed by atoms with Crippen LogP contribution in [0.3, 0.4) is 0 Å². The van der Waals surface area contributed by atoms with Crippen LogP contribution in [0.25, 0.3) is 0 Å². The van der Waals surface area contributed by atoms with Crippen molar-refractivity contribution in [3.05, 3.63) is 29.6 Å². The smallest absolute Gasteiger partial charge is 0.387 e. The Hall–Kier alpha value is -1.59. The highest BCUT2D eigenvalue weighted by Gasteiger charge is 2.31. The van der Waals surface area contributed by atoms with E-state index < -0.39 is 23.2 Å². The van der Waals surface area contributed by atoms with Gasteiger partial charge in [0.25, 0.3) is 0 Å². The maximum absolute atomic E-state index is 13.3. The Balaban J connectivity index is 3.21. The molecule has 0 heterocycles. The molecule has 0 aliphatic heterocycles. The van der Waals surface area contributed by atoms with E-state index in [-0.39, 0.29) is 11.8 Å². The second kappa shape index (κ2) is 4.73. The number of nitrogens with two attached hydrogens (primary N) is 1. The molecular weight excluding hydrogens is 236 g/mol. The molecule has 0 aromatic heterocycles. The van der Waals surface area contributed by atoms with Gasteiger partial charge in [0.2, 0.25) is 0 Å². The number of nitrogens with zero attached hydrogens (tertiary/aromatic N) is 1. The molecule has 0 bridgehead atoms. The van der Waals surface area contributed by atoms with Crippen molar-refractivity contribution in [3.63, 3.8) is 0 Å². The first-order valence-corrected chi connectivity index (χ1v) is 4.92. The standard InChI is InChI=1S/C11H12F4N2/c1-6(2)10(16)17-9-5-7(11(13,14)15)3-4-8(9)12/h3-6H,1-2H3,(H2,16,17). The van der Waals surface area contributed by atoms with Gasteiger partial charge in [-0.15, -0.1) is 0 Å². The molecule has 0 unspecified atom stereocenters. The third kappa shape index (κ3) is 3.44. The molecule has 17 heavy (non-hydrogen) atoms. The summed E-state index contributed by atoms with van der Waals surface area (Å²) < 4.78 is 50.4. The first-order chi connectivity index (χ1) is 7.71. The predicted molar refractivity (Wildman–Crippen MR) is 57.5 cm³/mol. The van der Waals surface area contributed by atoms with Crippen molar-refractivity contribution in [2.75, 3.05) is 0 Å². The van der Waals surface area contributed by atoms with E-state index in [4.69, 9.17) is 5.73 Å². The van der Waals surface area contributed by atoms with E-state index in [9.17, 15) is 17.6 Å². The Morgan fingerprint density at radius 3 is 2.35 bits per heavy atom. The van der Waals surface area contributed by atoms with E-state index in [1.807, 2.05) is 0 Å². The van der Waals surface area contributed by atoms with Crippen LogP contribution in [0.1, 0.15) is 19.4 Å². The summed E-state index contributed by atoms with van der Waals surface area (Å²) in [7, 11) is 0. The summed E-state index contributed by atoms with van der Waals surface area (Å²) in [6.07, 6.45) is -4.52. The Bertz CT molecular complexity index is 436. The van der Waals surface area contributed by atoms with Crippen LogP contribution >= 0.6 is 0 Å². The summed E-state index contributed by atoms with van der Waals surface area (Å²) in [5.41, 5.74) is 4.13. The molecule has 0 amide bonds. The van der Waals surface area contributed by atoms with Crippen LogP contribution < -0.4 is 5.73 Å². The molecule has 0 radical (unpaired) electrons. The maximum Gasteiger partial charge on any atom is 0.416 e. The first kappa shape index (κ1) is 13.5. The van der Waals surface area contributed by atoms with Crippen molar-refractivity contribution in [1.29, 1.82) is 0 Å². The summed E-state index contributed by atoms with van der Waals surface area (Å²) >= 11 is 0. The van der Waals surface area contributed by atoms with E-state index in [0.717, 1.165) is 6.07 Å². The molecule has 1 rings (SSSR count). The molecule has 0 atom stereocenters. The van der Waals surface area contributed by atoms with Gasteiger partial charge in [-0.2, -0.15) is 13.2 Å². The molecule has 2 N–H and O–H groups in total. The molecule has 94 valence electrons. The Labute approximate surface area is 96.2 Å². The van der Waals surface area contributed by atoms with Gasteiger partial charge in [0.15, 0.2) is 0 Å². The van der Waals surface area contributed by atoms with E-state index in [1.54, 1.807) is 13.8 Å². The molecule has 0 saturated heterocycles. The van der Waals surface area contributed by atoms with Gasteiger partial charge in [-0.1, -0.05) is 13.8 Å². The van der Waals surface area contributed by atoms with Gasteiger partial charge < -0.3 is 5.73 Å². The minimum Gasteiger partial charge on any atom is -0.387 e. The molecule has 0 aliphatic carbocycles. The summed E-state index contributed by atoms with van der Waals surface area (Å²) in [6.45, 7) is 3.43. The summed E-state index contributed by atoms with van der Waals surface area (Å²) in [5.74, 6) is -0.909. The quantitative estimate of drug-likeness (QED) is 0.485. The lowest BCUT2D eigenvalue weighted by Gasteiger charge is -2.09. The van der Waals surface area contributed by atoms with Crippen molar-refractivity contribution < 1.29 is 17.6 Å². The first-order valence-electron chi connectivity index (χ1n) is 4.92. The van der Waals surface area contributed by atoms with Crippen molar-refractivity contribution in [2.24, 2.45) is 16.6 Å². The van der Waals surface area contributed by atoms with Gasteiger partial charge in [0.1, 0.15) is 17.3 Å². The second-order valence-corrected chi connectivity index (χ2v) is 3.86. The zero-order chi connectivity index (χ0) is 13.2. The zero-order valence-corrected chi connectivity index (χ0v) is 9.35. The van der Waals surface area contributed by atoms with E-state index in [2.05, 4.69) is 4.99 Å². The maximum atomic E-state index is 13.3. The van der Waals surface area contributed by atoms with Crippen molar-refractivity contribution in [1.82, 2.24) is 0 Å². The molecular formula is C11H12F4N2. The molecule has 6 heteroatoms. The van der Waals surface area contributed by atoms with Crippen LogP contribution in [0.2, 0.25) is 0 Å². The topological polar surface area (TPSA) is 38.4 Å². The fourth-order valence-electron chi connectivity index (χ4n) is 1.04. The summed E-state index contributed by atoms with van der Waals surface area (Å²) in [4.78, 5) is 3.65. The zero-order valence-electron chi connectivity index (χ0n) is 9.35. The van der Waals surface area contributed by atoms with Crippen LogP contribution in [-0.2, 0) is 6.18 Å². The molecule has 1 aromatic rings. The number of amidine groups is 1. The lowest BCUT2D eigenvalue weighted by Crippen LogP contribution is -2.18. The number of rotatable bonds is 2. The van der Waals surface area contributed by atoms with Gasteiger partial charge >= 0.3 is 6.18 Å². The molecule has 1 aromatic carbocycles. The number of alkyl halides is 3. The highest BCUT2D eigenvalue weighted by Crippen LogP contribution is 2.32. The SMILES string of the molecule is CC(C)C(N)=Nc1cc(C(F)(F)F)ccc1F. The van der Waals surface area contributed by atoms with Crippen molar-refractivity contribution >= 4 is 11.5 Å². The number of aliphatic imine (C=N–C) groups is 1. The third-order valence-electron chi connectivity index (χ3n) is 2.11. The van der Waals surface area contributed by atoms with Crippen molar-refractivity contribution in [3.8, 4) is 0 Å². The lowest BCUT2D eigenvalue weighted by atomic mass is 10.1. The normalized spacial score (nSPS) is 13.2.